The average Bonchev–Trinajstić information content (AvgIpc) is 3.36. The van der Waals surface area contributed by atoms with Crippen LogP contribution in [0.4, 0.5) is 0 Å². The minimum absolute atomic E-state index is 0.0206. The molecule has 2 aliphatic heterocycles. The first-order valence-electron chi connectivity index (χ1n) is 12.5. The van der Waals surface area contributed by atoms with Crippen LogP contribution in [0.2, 0.25) is 0 Å². The van der Waals surface area contributed by atoms with Crippen LogP contribution in [0.15, 0.2) is 30.5 Å². The summed E-state index contributed by atoms with van der Waals surface area (Å²) in [6.07, 6.45) is 8.25. The van der Waals surface area contributed by atoms with E-state index in [2.05, 4.69) is 20.5 Å². The zero-order valence-electron chi connectivity index (χ0n) is 20.1. The van der Waals surface area contributed by atoms with Gasteiger partial charge in [0.15, 0.2) is 0 Å². The molecule has 9 nitrogen and oxygen atoms in total. The third-order valence-corrected chi connectivity index (χ3v) is 6.85. The maximum atomic E-state index is 12.5. The number of nitrogens with one attached hydrogen (secondary N) is 1. The molecule has 2 fully saturated rings. The zero-order chi connectivity index (χ0) is 23.8. The Morgan fingerprint density at radius 1 is 1.18 bits per heavy atom. The van der Waals surface area contributed by atoms with E-state index in [1.807, 2.05) is 35.1 Å². The van der Waals surface area contributed by atoms with Gasteiger partial charge in [-0.25, -0.2) is 0 Å². The number of carbonyl (C=O) groups is 1. The summed E-state index contributed by atoms with van der Waals surface area (Å²) in [5, 5.41) is 21.5. The van der Waals surface area contributed by atoms with E-state index in [1.54, 1.807) is 7.11 Å². The molecular weight excluding hydrogens is 434 g/mol. The van der Waals surface area contributed by atoms with Gasteiger partial charge in [-0.15, -0.1) is 5.10 Å². The smallest absolute Gasteiger partial charge is 0.221 e. The summed E-state index contributed by atoms with van der Waals surface area (Å²) in [5.41, 5.74) is 1.80. The standard InChI is InChI=1S/C25H37N5O4/c1-33-20-7-5-19(6-8-20)23-17-30(28-27-23)16-11-21-9-10-22(24(18-31)34-21)26-25(32)12-15-29-13-3-2-4-14-29/h5-8,17,21-22,24,31H,2-4,9-16,18H2,1H3,(H,26,32)/t21-,22+,24+/m1/s1. The number of hydrogen-bond acceptors (Lipinski definition) is 7. The summed E-state index contributed by atoms with van der Waals surface area (Å²) in [6.45, 7) is 3.57. The number of ether oxygens (including phenoxy) is 2. The highest BCUT2D eigenvalue weighted by Gasteiger charge is 2.31. The van der Waals surface area contributed by atoms with Gasteiger partial charge in [-0.1, -0.05) is 11.6 Å². The molecule has 3 atom stereocenters. The van der Waals surface area contributed by atoms with E-state index in [-0.39, 0.29) is 30.8 Å². The number of aromatic nitrogens is 3. The van der Waals surface area contributed by atoms with Crippen LogP contribution in [0.5, 0.6) is 5.75 Å². The first-order valence-corrected chi connectivity index (χ1v) is 12.5. The maximum Gasteiger partial charge on any atom is 0.221 e. The molecule has 0 spiro atoms. The molecule has 2 aromatic rings. The molecule has 9 heteroatoms. The predicted molar refractivity (Wildman–Crippen MR) is 128 cm³/mol. The second-order valence-corrected chi connectivity index (χ2v) is 9.27. The lowest BCUT2D eigenvalue weighted by Crippen LogP contribution is -2.51. The number of piperidine rings is 1. The molecule has 3 heterocycles. The van der Waals surface area contributed by atoms with Crippen LogP contribution < -0.4 is 10.1 Å². The Bertz CT molecular complexity index is 897. The van der Waals surface area contributed by atoms with Crippen LogP contribution >= 0.6 is 0 Å². The fraction of sp³-hybridized carbons (Fsp3) is 0.640. The molecule has 0 aliphatic carbocycles. The Hall–Kier alpha value is -2.49. The number of rotatable bonds is 10. The Morgan fingerprint density at radius 3 is 2.71 bits per heavy atom. The van der Waals surface area contributed by atoms with Crippen molar-refractivity contribution in [3.8, 4) is 17.0 Å². The summed E-state index contributed by atoms with van der Waals surface area (Å²) >= 11 is 0. The lowest BCUT2D eigenvalue weighted by Gasteiger charge is -2.36. The Balaban J connectivity index is 1.21. The van der Waals surface area contributed by atoms with Crippen LogP contribution in [-0.2, 0) is 16.1 Å². The van der Waals surface area contributed by atoms with Gasteiger partial charge in [0.25, 0.3) is 0 Å². The number of likely N-dealkylation sites (tertiary alicyclic amines) is 1. The minimum Gasteiger partial charge on any atom is -0.497 e. The molecule has 4 rings (SSSR count). The molecule has 1 aromatic heterocycles. The first kappa shape index (κ1) is 24.6. The quantitative estimate of drug-likeness (QED) is 0.548. The predicted octanol–water partition coefficient (Wildman–Crippen LogP) is 2.24. The van der Waals surface area contributed by atoms with Crippen molar-refractivity contribution >= 4 is 5.91 Å². The Labute approximate surface area is 201 Å². The fourth-order valence-electron chi connectivity index (χ4n) is 4.81. The Kier molecular flexibility index (Phi) is 8.90. The third-order valence-electron chi connectivity index (χ3n) is 6.85. The summed E-state index contributed by atoms with van der Waals surface area (Å²) in [5.74, 6) is 0.852. The lowest BCUT2D eigenvalue weighted by atomic mass is 9.97. The van der Waals surface area contributed by atoms with Crippen LogP contribution in [0.25, 0.3) is 11.3 Å². The van der Waals surface area contributed by atoms with Crippen LogP contribution in [-0.4, -0.2) is 82.5 Å². The molecule has 2 aliphatic rings. The number of hydrogen-bond donors (Lipinski definition) is 2. The van der Waals surface area contributed by atoms with Gasteiger partial charge in [0, 0.05) is 25.1 Å². The van der Waals surface area contributed by atoms with Gasteiger partial charge in [0.05, 0.1) is 32.1 Å². The second kappa shape index (κ2) is 12.3. The summed E-state index contributed by atoms with van der Waals surface area (Å²) in [6, 6.07) is 7.60. The molecule has 1 amide bonds. The van der Waals surface area contributed by atoms with E-state index < -0.39 is 0 Å². The molecule has 0 unspecified atom stereocenters. The van der Waals surface area contributed by atoms with Crippen molar-refractivity contribution in [2.24, 2.45) is 0 Å². The van der Waals surface area contributed by atoms with E-state index in [1.165, 1.54) is 19.3 Å². The highest BCUT2D eigenvalue weighted by molar-refractivity contribution is 5.76. The van der Waals surface area contributed by atoms with Gasteiger partial charge in [0.2, 0.25) is 5.91 Å². The minimum atomic E-state index is -0.372. The van der Waals surface area contributed by atoms with Crippen LogP contribution in [0.1, 0.15) is 44.9 Å². The van der Waals surface area contributed by atoms with Crippen LogP contribution in [0.3, 0.4) is 0 Å². The molecular formula is C25H37N5O4. The largest absolute Gasteiger partial charge is 0.497 e. The van der Waals surface area contributed by atoms with Crippen molar-refractivity contribution in [2.45, 2.75) is 69.7 Å². The number of benzene rings is 1. The van der Waals surface area contributed by atoms with Crippen molar-refractivity contribution in [1.29, 1.82) is 0 Å². The van der Waals surface area contributed by atoms with Gasteiger partial charge in [0.1, 0.15) is 17.5 Å². The van der Waals surface area contributed by atoms with E-state index in [0.29, 0.717) is 13.0 Å². The number of methoxy groups -OCH3 is 1. The monoisotopic (exact) mass is 471 g/mol. The SMILES string of the molecule is COc1ccc(-c2cn(CC[C@H]3CC[C@H](NC(=O)CCN4CCCCC4)[C@H](CO)O3)nn2)cc1. The van der Waals surface area contributed by atoms with Crippen LogP contribution in [0, 0.1) is 0 Å². The number of aliphatic hydroxyl groups is 1. The highest BCUT2D eigenvalue weighted by atomic mass is 16.5. The molecule has 1 aromatic carbocycles. The van der Waals surface area contributed by atoms with Crippen molar-refractivity contribution in [2.75, 3.05) is 33.4 Å². The Morgan fingerprint density at radius 2 is 1.97 bits per heavy atom. The summed E-state index contributed by atoms with van der Waals surface area (Å²) < 4.78 is 13.2. The van der Waals surface area contributed by atoms with E-state index in [0.717, 1.165) is 55.9 Å². The fourth-order valence-corrected chi connectivity index (χ4v) is 4.81. The number of carbonyl (C=O) groups excluding carboxylic acids is 1. The van der Waals surface area contributed by atoms with E-state index in [4.69, 9.17) is 9.47 Å². The summed E-state index contributed by atoms with van der Waals surface area (Å²) in [4.78, 5) is 14.8. The number of amides is 1. The number of nitrogens with zero attached hydrogens (tertiary/aromatic N) is 4. The highest BCUT2D eigenvalue weighted by Crippen LogP contribution is 2.24. The van der Waals surface area contributed by atoms with E-state index >= 15 is 0 Å². The average molecular weight is 472 g/mol. The molecule has 0 bridgehead atoms. The van der Waals surface area contributed by atoms with Crippen molar-refractivity contribution in [3.05, 3.63) is 30.5 Å². The molecule has 2 N–H and O–H groups in total. The molecule has 0 saturated carbocycles. The van der Waals surface area contributed by atoms with Gasteiger partial charge < -0.3 is 24.8 Å². The van der Waals surface area contributed by atoms with Crippen molar-refractivity contribution in [3.63, 3.8) is 0 Å². The maximum absolute atomic E-state index is 12.5. The zero-order valence-corrected chi connectivity index (χ0v) is 20.1. The molecule has 0 radical (unpaired) electrons. The summed E-state index contributed by atoms with van der Waals surface area (Å²) in [7, 11) is 1.65. The first-order chi connectivity index (χ1) is 16.6. The normalized spacial score (nSPS) is 23.5. The number of aryl methyl sites for hydroxylation is 1. The lowest BCUT2D eigenvalue weighted by molar-refractivity contribution is -0.129. The second-order valence-electron chi connectivity index (χ2n) is 9.27. The van der Waals surface area contributed by atoms with Crippen molar-refractivity contribution in [1.82, 2.24) is 25.2 Å². The van der Waals surface area contributed by atoms with E-state index in [9.17, 15) is 9.90 Å². The topological polar surface area (TPSA) is 102 Å². The third kappa shape index (κ3) is 6.77. The van der Waals surface area contributed by atoms with Gasteiger partial charge in [-0.05, 0) is 69.5 Å². The van der Waals surface area contributed by atoms with Gasteiger partial charge >= 0.3 is 0 Å². The van der Waals surface area contributed by atoms with Gasteiger partial charge in [-0.3, -0.25) is 9.48 Å². The number of aliphatic hydroxyl groups excluding tert-OH is 1. The van der Waals surface area contributed by atoms with Crippen molar-refractivity contribution < 1.29 is 19.4 Å². The van der Waals surface area contributed by atoms with Gasteiger partial charge in [-0.2, -0.15) is 0 Å². The molecule has 2 saturated heterocycles. The molecule has 186 valence electrons. The molecule has 34 heavy (non-hydrogen) atoms.